The molecule has 0 spiro atoms. The summed E-state index contributed by atoms with van der Waals surface area (Å²) in [5.41, 5.74) is 6.19. The van der Waals surface area contributed by atoms with Crippen molar-refractivity contribution < 1.29 is 9.59 Å². The summed E-state index contributed by atoms with van der Waals surface area (Å²) in [6.45, 7) is 1.30. The van der Waals surface area contributed by atoms with Gasteiger partial charge < -0.3 is 10.6 Å². The van der Waals surface area contributed by atoms with Gasteiger partial charge in [-0.05, 0) is 37.5 Å². The van der Waals surface area contributed by atoms with Crippen molar-refractivity contribution in [3.8, 4) is 0 Å². The maximum atomic E-state index is 12.1. The summed E-state index contributed by atoms with van der Waals surface area (Å²) >= 11 is 5.76. The highest BCUT2D eigenvalue weighted by Gasteiger charge is 2.25. The minimum absolute atomic E-state index is 0.231. The first-order chi connectivity index (χ1) is 8.59. The zero-order valence-electron chi connectivity index (χ0n) is 9.99. The Balaban J connectivity index is 2.17. The van der Waals surface area contributed by atoms with Gasteiger partial charge in [0.2, 0.25) is 0 Å². The van der Waals surface area contributed by atoms with Crippen LogP contribution >= 0.6 is 11.6 Å². The molecule has 1 aromatic carbocycles. The van der Waals surface area contributed by atoms with E-state index in [0.717, 1.165) is 19.3 Å². The van der Waals surface area contributed by atoms with Crippen LogP contribution in [0.25, 0.3) is 0 Å². The van der Waals surface area contributed by atoms with Gasteiger partial charge in [-0.2, -0.15) is 0 Å². The number of benzene rings is 1. The number of hydrogen-bond donors (Lipinski definition) is 1. The molecule has 1 aliphatic heterocycles. The molecule has 1 heterocycles. The van der Waals surface area contributed by atoms with Crippen LogP contribution in [0.4, 0.5) is 5.69 Å². The Morgan fingerprint density at radius 3 is 2.44 bits per heavy atom. The highest BCUT2D eigenvalue weighted by atomic mass is 35.5. The second kappa shape index (κ2) is 5.40. The molecule has 5 heteroatoms. The fourth-order valence-corrected chi connectivity index (χ4v) is 2.28. The minimum Gasteiger partial charge on any atom is -0.398 e. The quantitative estimate of drug-likeness (QED) is 0.507. The molecule has 0 aliphatic carbocycles. The Bertz CT molecular complexity index is 482. The van der Waals surface area contributed by atoms with Crippen molar-refractivity contribution in [2.45, 2.75) is 19.3 Å². The van der Waals surface area contributed by atoms with E-state index in [1.54, 1.807) is 11.0 Å². The van der Waals surface area contributed by atoms with Crippen molar-refractivity contribution >= 4 is 29.0 Å². The lowest BCUT2D eigenvalue weighted by atomic mass is 10.1. The number of carbonyl (C=O) groups is 2. The highest BCUT2D eigenvalue weighted by molar-refractivity contribution is 6.44. The summed E-state index contributed by atoms with van der Waals surface area (Å²) in [5.74, 6) is -1.02. The van der Waals surface area contributed by atoms with Crippen LogP contribution in [0.1, 0.15) is 29.6 Å². The van der Waals surface area contributed by atoms with Crippen molar-refractivity contribution in [1.82, 2.24) is 4.90 Å². The first-order valence-corrected chi connectivity index (χ1v) is 6.36. The summed E-state index contributed by atoms with van der Waals surface area (Å²) in [6.07, 6.45) is 3.02. The monoisotopic (exact) mass is 266 g/mol. The molecule has 2 rings (SSSR count). The lowest BCUT2D eigenvalue weighted by molar-refractivity contribution is -0.127. The van der Waals surface area contributed by atoms with Crippen molar-refractivity contribution in [3.63, 3.8) is 0 Å². The second-order valence-corrected chi connectivity index (χ2v) is 4.85. The molecule has 0 saturated carbocycles. The average molecular weight is 267 g/mol. The summed E-state index contributed by atoms with van der Waals surface area (Å²) in [5, 5.41) is 0.453. The summed E-state index contributed by atoms with van der Waals surface area (Å²) in [4.78, 5) is 25.7. The second-order valence-electron chi connectivity index (χ2n) is 4.41. The molecular weight excluding hydrogens is 252 g/mol. The molecule has 1 amide bonds. The van der Waals surface area contributed by atoms with E-state index < -0.39 is 11.7 Å². The fourth-order valence-electron chi connectivity index (χ4n) is 2.10. The molecule has 4 nitrogen and oxygen atoms in total. The largest absolute Gasteiger partial charge is 0.398 e. The Morgan fingerprint density at radius 2 is 1.83 bits per heavy atom. The van der Waals surface area contributed by atoms with E-state index in [-0.39, 0.29) is 11.3 Å². The number of rotatable bonds is 2. The Hall–Kier alpha value is -1.55. The van der Waals surface area contributed by atoms with E-state index >= 15 is 0 Å². The normalized spacial score (nSPS) is 15.5. The van der Waals surface area contributed by atoms with E-state index in [1.165, 1.54) is 12.1 Å². The Labute approximate surface area is 111 Å². The number of nitrogens with zero attached hydrogens (tertiary/aromatic N) is 1. The Morgan fingerprint density at radius 1 is 1.17 bits per heavy atom. The smallest absolute Gasteiger partial charge is 0.295 e. The van der Waals surface area contributed by atoms with Crippen LogP contribution in [0.5, 0.6) is 0 Å². The number of amides is 1. The van der Waals surface area contributed by atoms with Crippen LogP contribution in [-0.2, 0) is 4.79 Å². The van der Waals surface area contributed by atoms with Crippen LogP contribution in [-0.4, -0.2) is 29.7 Å². The number of carbonyl (C=O) groups excluding carboxylic acids is 2. The van der Waals surface area contributed by atoms with Crippen molar-refractivity contribution in [2.24, 2.45) is 0 Å². The van der Waals surface area contributed by atoms with Gasteiger partial charge in [0.05, 0.1) is 5.56 Å². The predicted octanol–water partition coefficient (Wildman–Crippen LogP) is 2.12. The van der Waals surface area contributed by atoms with Crippen LogP contribution < -0.4 is 5.73 Å². The third kappa shape index (κ3) is 2.64. The van der Waals surface area contributed by atoms with E-state index in [0.29, 0.717) is 18.1 Å². The predicted molar refractivity (Wildman–Crippen MR) is 70.6 cm³/mol. The third-order valence-corrected chi connectivity index (χ3v) is 3.33. The number of ketones is 1. The molecule has 96 valence electrons. The molecule has 2 N–H and O–H groups in total. The molecule has 1 aliphatic rings. The zero-order chi connectivity index (χ0) is 13.1. The van der Waals surface area contributed by atoms with Gasteiger partial charge in [0.25, 0.3) is 11.7 Å². The van der Waals surface area contributed by atoms with Gasteiger partial charge in [0, 0.05) is 23.8 Å². The first-order valence-electron chi connectivity index (χ1n) is 5.98. The van der Waals surface area contributed by atoms with Crippen LogP contribution in [0.2, 0.25) is 5.02 Å². The van der Waals surface area contributed by atoms with E-state index in [2.05, 4.69) is 0 Å². The van der Waals surface area contributed by atoms with Crippen LogP contribution in [0.3, 0.4) is 0 Å². The minimum atomic E-state index is -0.550. The van der Waals surface area contributed by atoms with Gasteiger partial charge in [-0.3, -0.25) is 9.59 Å². The molecule has 0 aromatic heterocycles. The summed E-state index contributed by atoms with van der Waals surface area (Å²) in [7, 11) is 0. The van der Waals surface area contributed by atoms with Gasteiger partial charge in [0.1, 0.15) is 0 Å². The molecule has 0 radical (unpaired) electrons. The molecule has 1 fully saturated rings. The fraction of sp³-hybridized carbons (Fsp3) is 0.385. The SMILES string of the molecule is Nc1cc(Cl)ccc1C(=O)C(=O)N1CCCCC1. The molecule has 0 bridgehead atoms. The van der Waals surface area contributed by atoms with E-state index in [1.807, 2.05) is 0 Å². The number of nitrogens with two attached hydrogens (primary N) is 1. The first kappa shape index (κ1) is 12.9. The van der Waals surface area contributed by atoms with Gasteiger partial charge in [0.15, 0.2) is 0 Å². The Kier molecular flexibility index (Phi) is 3.87. The van der Waals surface area contributed by atoms with Gasteiger partial charge in [-0.1, -0.05) is 11.6 Å². The number of piperidine rings is 1. The van der Waals surface area contributed by atoms with Gasteiger partial charge in [-0.25, -0.2) is 0 Å². The summed E-state index contributed by atoms with van der Waals surface area (Å²) < 4.78 is 0. The maximum Gasteiger partial charge on any atom is 0.295 e. The standard InChI is InChI=1S/C13H15ClN2O2/c14-9-4-5-10(11(15)8-9)12(17)13(18)16-6-2-1-3-7-16/h4-5,8H,1-3,6-7,15H2. The zero-order valence-corrected chi connectivity index (χ0v) is 10.7. The number of likely N-dealkylation sites (tertiary alicyclic amines) is 1. The van der Waals surface area contributed by atoms with Gasteiger partial charge >= 0.3 is 0 Å². The number of Topliss-reactive ketones (excluding diaryl/α,β-unsaturated/α-hetero) is 1. The van der Waals surface area contributed by atoms with Crippen molar-refractivity contribution in [1.29, 1.82) is 0 Å². The van der Waals surface area contributed by atoms with Crippen LogP contribution in [0, 0.1) is 0 Å². The molecule has 1 saturated heterocycles. The third-order valence-electron chi connectivity index (χ3n) is 3.10. The van der Waals surface area contributed by atoms with E-state index in [4.69, 9.17) is 17.3 Å². The molecule has 0 atom stereocenters. The van der Waals surface area contributed by atoms with Crippen molar-refractivity contribution in [3.05, 3.63) is 28.8 Å². The molecular formula is C13H15ClN2O2. The van der Waals surface area contributed by atoms with Crippen LogP contribution in [0.15, 0.2) is 18.2 Å². The van der Waals surface area contributed by atoms with Gasteiger partial charge in [-0.15, -0.1) is 0 Å². The highest BCUT2D eigenvalue weighted by Crippen LogP contribution is 2.20. The topological polar surface area (TPSA) is 63.4 Å². The maximum absolute atomic E-state index is 12.1. The number of anilines is 1. The number of hydrogen-bond acceptors (Lipinski definition) is 3. The number of nitrogen functional groups attached to an aromatic ring is 1. The molecule has 0 unspecified atom stereocenters. The number of halogens is 1. The lowest BCUT2D eigenvalue weighted by Crippen LogP contribution is -2.40. The lowest BCUT2D eigenvalue weighted by Gasteiger charge is -2.26. The van der Waals surface area contributed by atoms with Crippen molar-refractivity contribution in [2.75, 3.05) is 18.8 Å². The molecule has 18 heavy (non-hydrogen) atoms. The van der Waals surface area contributed by atoms with E-state index in [9.17, 15) is 9.59 Å². The average Bonchev–Trinajstić information content (AvgIpc) is 2.38. The summed E-state index contributed by atoms with van der Waals surface area (Å²) in [6, 6.07) is 4.55. The molecule has 1 aromatic rings.